The number of urea groups is 1. The molecule has 0 radical (unpaired) electrons. The molecule has 2 aromatic rings. The number of unbranched alkanes of at least 4 members (excludes halogenated alkanes) is 1. The molecule has 2 rings (SSSR count). The summed E-state index contributed by atoms with van der Waals surface area (Å²) in [5.74, 6) is -0.945. The maximum Gasteiger partial charge on any atom is 0.407 e. The van der Waals surface area contributed by atoms with E-state index in [4.69, 9.17) is 14.3 Å². The van der Waals surface area contributed by atoms with E-state index in [-0.39, 0.29) is 25.4 Å². The Morgan fingerprint density at radius 1 is 1.02 bits per heavy atom. The van der Waals surface area contributed by atoms with Gasteiger partial charge in [-0.2, -0.15) is 0 Å². The van der Waals surface area contributed by atoms with E-state index in [1.165, 1.54) is 4.90 Å². The van der Waals surface area contributed by atoms with Gasteiger partial charge < -0.3 is 35.0 Å². The summed E-state index contributed by atoms with van der Waals surface area (Å²) < 4.78 is 12.9. The summed E-state index contributed by atoms with van der Waals surface area (Å²) in [6, 6.07) is 5.87. The van der Waals surface area contributed by atoms with Gasteiger partial charge in [-0.1, -0.05) is 18.2 Å². The van der Waals surface area contributed by atoms with Crippen LogP contribution in [0.5, 0.6) is 0 Å². The summed E-state index contributed by atoms with van der Waals surface area (Å²) in [6.45, 7) is 13.9. The molecule has 1 aromatic heterocycles. The Bertz CT molecular complexity index is 1260. The highest BCUT2D eigenvalue weighted by Gasteiger charge is 2.34. The van der Waals surface area contributed by atoms with Crippen molar-refractivity contribution >= 4 is 45.4 Å². The number of thiophene rings is 1. The number of benzene rings is 1. The molecule has 1 heterocycles. The van der Waals surface area contributed by atoms with Gasteiger partial charge in [-0.3, -0.25) is 14.4 Å². The topological polar surface area (TPSA) is 159 Å². The predicted octanol–water partition coefficient (Wildman–Crippen LogP) is 4.70. The molecule has 0 aliphatic rings. The fourth-order valence-electron chi connectivity index (χ4n) is 4.96. The Balaban J connectivity index is 2.35. The first-order valence-electron chi connectivity index (χ1n) is 15.8. The Hall–Kier alpha value is -3.46. The molecule has 5 amide bonds. The number of rotatable bonds is 19. The molecule has 0 unspecified atom stereocenters. The van der Waals surface area contributed by atoms with Crippen LogP contribution in [0.1, 0.15) is 73.3 Å². The molecular formula is C32H51N5O8S. The number of fused-ring (bicyclic) bond motifs is 1. The number of hydrogen-bond acceptors (Lipinski definition) is 8. The summed E-state index contributed by atoms with van der Waals surface area (Å²) in [4.78, 5) is 59.0. The van der Waals surface area contributed by atoms with E-state index >= 15 is 0 Å². The normalized spacial score (nSPS) is 12.9. The fraction of sp³-hybridized carbons (Fsp3) is 0.625. The van der Waals surface area contributed by atoms with Crippen molar-refractivity contribution in [3.05, 3.63) is 35.2 Å². The monoisotopic (exact) mass is 665 g/mol. The molecule has 0 fully saturated rings. The molecule has 13 nitrogen and oxygen atoms in total. The van der Waals surface area contributed by atoms with Crippen molar-refractivity contribution < 1.29 is 38.6 Å². The summed E-state index contributed by atoms with van der Waals surface area (Å²) in [5.41, 5.74) is 2.50. The Morgan fingerprint density at radius 3 is 2.30 bits per heavy atom. The number of carbonyl (C=O) groups excluding carboxylic acids is 3. The maximum absolute atomic E-state index is 14.4. The van der Waals surface area contributed by atoms with Crippen molar-refractivity contribution in [1.82, 2.24) is 25.9 Å². The standard InChI is InChI=1S/C32H51N5O8S/c1-8-33-30(40)35-45-20-27(38)34-25(16-13-14-18-37(31(41)42)32(5,6)7)28(39)36(22(4)29(43-9-2)44-10-3)19-23-21-46-26-17-12-11-15-24(23)26/h11-12,15,17,21-22,25,29H,8-10,13-14,16,18-20H2,1-7H3,(H,34,38)(H,41,42)(H2,33,35,40)/t22-,25-/m0/s1. The third kappa shape index (κ3) is 12.0. The molecule has 46 heavy (non-hydrogen) atoms. The van der Waals surface area contributed by atoms with Gasteiger partial charge in [0.1, 0.15) is 6.04 Å². The zero-order valence-corrected chi connectivity index (χ0v) is 28.9. The van der Waals surface area contributed by atoms with E-state index in [1.807, 2.05) is 71.2 Å². The van der Waals surface area contributed by atoms with Crippen LogP contribution < -0.4 is 16.1 Å². The highest BCUT2D eigenvalue weighted by atomic mass is 32.1. The smallest absolute Gasteiger partial charge is 0.407 e. The summed E-state index contributed by atoms with van der Waals surface area (Å²) in [5, 5.41) is 18.0. The van der Waals surface area contributed by atoms with Crippen LogP contribution in [0.25, 0.3) is 10.1 Å². The van der Waals surface area contributed by atoms with Gasteiger partial charge in [-0.05, 0) is 90.1 Å². The minimum Gasteiger partial charge on any atom is -0.465 e. The van der Waals surface area contributed by atoms with Gasteiger partial charge in [0.05, 0.1) is 6.04 Å². The number of carbonyl (C=O) groups is 4. The van der Waals surface area contributed by atoms with Crippen molar-refractivity contribution in [2.24, 2.45) is 0 Å². The van der Waals surface area contributed by atoms with E-state index in [0.717, 1.165) is 15.6 Å². The lowest BCUT2D eigenvalue weighted by atomic mass is 10.0. The molecule has 0 saturated carbocycles. The summed E-state index contributed by atoms with van der Waals surface area (Å²) in [7, 11) is 0. The minimum absolute atomic E-state index is 0.244. The first-order valence-corrected chi connectivity index (χ1v) is 16.7. The van der Waals surface area contributed by atoms with Gasteiger partial charge in [0, 0.05) is 43.1 Å². The second kappa shape index (κ2) is 19.3. The van der Waals surface area contributed by atoms with Crippen LogP contribution in [-0.4, -0.2) is 95.7 Å². The zero-order chi connectivity index (χ0) is 34.3. The number of hydroxylamine groups is 1. The molecule has 2 atom stereocenters. The highest BCUT2D eigenvalue weighted by Crippen LogP contribution is 2.28. The van der Waals surface area contributed by atoms with Crippen LogP contribution in [0.4, 0.5) is 9.59 Å². The van der Waals surface area contributed by atoms with Gasteiger partial charge in [0.25, 0.3) is 0 Å². The lowest BCUT2D eigenvalue weighted by Crippen LogP contribution is -2.55. The van der Waals surface area contributed by atoms with Crippen LogP contribution in [0.2, 0.25) is 0 Å². The van der Waals surface area contributed by atoms with Crippen LogP contribution in [-0.2, 0) is 30.4 Å². The van der Waals surface area contributed by atoms with Crippen LogP contribution in [0, 0.1) is 0 Å². The molecule has 4 N–H and O–H groups in total. The van der Waals surface area contributed by atoms with E-state index in [2.05, 4.69) is 16.1 Å². The average molecular weight is 666 g/mol. The van der Waals surface area contributed by atoms with Gasteiger partial charge in [-0.25, -0.2) is 15.1 Å². The van der Waals surface area contributed by atoms with Gasteiger partial charge in [0.15, 0.2) is 12.9 Å². The number of carboxylic acid groups (broad SMARTS) is 1. The number of amides is 5. The number of nitrogens with zero attached hydrogens (tertiary/aromatic N) is 2. The predicted molar refractivity (Wildman–Crippen MR) is 177 cm³/mol. The molecule has 0 bridgehead atoms. The first kappa shape index (κ1) is 38.7. The maximum atomic E-state index is 14.4. The van der Waals surface area contributed by atoms with Gasteiger partial charge in [-0.15, -0.1) is 11.3 Å². The second-order valence-electron chi connectivity index (χ2n) is 11.7. The Labute approximate surface area is 275 Å². The van der Waals surface area contributed by atoms with Crippen molar-refractivity contribution in [1.29, 1.82) is 0 Å². The average Bonchev–Trinajstić information content (AvgIpc) is 3.40. The van der Waals surface area contributed by atoms with E-state index in [1.54, 1.807) is 23.2 Å². The minimum atomic E-state index is -1.02. The number of ether oxygens (including phenoxy) is 2. The number of hydrogen-bond donors (Lipinski definition) is 4. The Kier molecular flexibility index (Phi) is 16.2. The summed E-state index contributed by atoms with van der Waals surface area (Å²) in [6.07, 6.45) is -0.554. The Morgan fingerprint density at radius 2 is 1.70 bits per heavy atom. The second-order valence-corrected chi connectivity index (χ2v) is 12.6. The van der Waals surface area contributed by atoms with Crippen LogP contribution in [0.15, 0.2) is 29.6 Å². The molecule has 0 saturated heterocycles. The van der Waals surface area contributed by atoms with Crippen molar-refractivity contribution in [2.75, 3.05) is 32.9 Å². The third-order valence-electron chi connectivity index (χ3n) is 7.24. The quantitative estimate of drug-likeness (QED) is 0.0955. The van der Waals surface area contributed by atoms with Gasteiger partial charge in [0.2, 0.25) is 11.8 Å². The third-order valence-corrected chi connectivity index (χ3v) is 8.25. The van der Waals surface area contributed by atoms with E-state index < -0.39 is 48.6 Å². The number of nitrogens with one attached hydrogen (secondary N) is 3. The zero-order valence-electron chi connectivity index (χ0n) is 28.1. The van der Waals surface area contributed by atoms with E-state index in [9.17, 15) is 24.3 Å². The van der Waals surface area contributed by atoms with Crippen molar-refractivity contribution in [3.63, 3.8) is 0 Å². The molecule has 0 aliphatic carbocycles. The van der Waals surface area contributed by atoms with Crippen LogP contribution in [0.3, 0.4) is 0 Å². The molecule has 0 aliphatic heterocycles. The lowest BCUT2D eigenvalue weighted by molar-refractivity contribution is -0.180. The first-order chi connectivity index (χ1) is 21.8. The van der Waals surface area contributed by atoms with Crippen molar-refractivity contribution in [2.45, 2.75) is 98.2 Å². The highest BCUT2D eigenvalue weighted by molar-refractivity contribution is 7.17. The van der Waals surface area contributed by atoms with Gasteiger partial charge >= 0.3 is 12.1 Å². The van der Waals surface area contributed by atoms with Crippen LogP contribution >= 0.6 is 11.3 Å². The fourth-order valence-corrected chi connectivity index (χ4v) is 5.91. The van der Waals surface area contributed by atoms with Crippen molar-refractivity contribution in [3.8, 4) is 0 Å². The largest absolute Gasteiger partial charge is 0.465 e. The molecule has 0 spiro atoms. The molecule has 1 aromatic carbocycles. The lowest BCUT2D eigenvalue weighted by Gasteiger charge is -2.36. The SMILES string of the molecule is CCNC(=O)NOCC(=O)N[C@@H](CCCCN(C(=O)O)C(C)(C)C)C(=O)N(Cc1csc2ccccc12)[C@@H](C)C(OCC)OCC. The molecule has 258 valence electrons. The summed E-state index contributed by atoms with van der Waals surface area (Å²) >= 11 is 1.59. The van der Waals surface area contributed by atoms with E-state index in [0.29, 0.717) is 32.6 Å². The molecule has 14 heteroatoms. The molecular weight excluding hydrogens is 614 g/mol.